The number of ether oxygens (including phenoxy) is 3. The van der Waals surface area contributed by atoms with Crippen molar-refractivity contribution in [2.45, 2.75) is 33.2 Å². The Kier molecular flexibility index (Phi) is 10.2. The summed E-state index contributed by atoms with van der Waals surface area (Å²) >= 11 is 0.932. The second-order valence-electron chi connectivity index (χ2n) is 10.2. The van der Waals surface area contributed by atoms with E-state index in [-0.39, 0.29) is 22.2 Å². The molecular weight excluding hydrogens is 568 g/mol. The number of thiazole rings is 1. The lowest BCUT2D eigenvalue weighted by Gasteiger charge is -2.25. The summed E-state index contributed by atoms with van der Waals surface area (Å²) in [7, 11) is 1.50. The Morgan fingerprint density at radius 3 is 2.58 bits per heavy atom. The van der Waals surface area contributed by atoms with Gasteiger partial charge in [0.25, 0.3) is 5.91 Å². The number of aliphatic hydroxyl groups excluding tert-OH is 1. The third-order valence-corrected chi connectivity index (χ3v) is 7.80. The van der Waals surface area contributed by atoms with Crippen LogP contribution in [-0.2, 0) is 14.3 Å². The van der Waals surface area contributed by atoms with Crippen molar-refractivity contribution in [3.05, 3.63) is 100 Å². The third-order valence-electron chi connectivity index (χ3n) is 6.67. The average Bonchev–Trinajstić information content (AvgIpc) is 3.51. The summed E-state index contributed by atoms with van der Waals surface area (Å²) in [6.07, 6.45) is 5.22. The van der Waals surface area contributed by atoms with Gasteiger partial charge in [0.15, 0.2) is 28.2 Å². The summed E-state index contributed by atoms with van der Waals surface area (Å²) in [4.78, 5) is 45.7. The SMILES string of the molecule is C=CCOC(=O)c1sc(N2C(=O)C(O)=C(C(=O)/C=C/c3ccccc3)C2c2ccc(OCCC(C)C)c(OC)c2)nc1C. The lowest BCUT2D eigenvalue weighted by molar-refractivity contribution is -0.117. The summed E-state index contributed by atoms with van der Waals surface area (Å²) in [6.45, 7) is 9.87. The van der Waals surface area contributed by atoms with Gasteiger partial charge in [-0.25, -0.2) is 9.78 Å². The van der Waals surface area contributed by atoms with Crippen LogP contribution >= 0.6 is 11.3 Å². The highest BCUT2D eigenvalue weighted by Crippen LogP contribution is 2.45. The minimum absolute atomic E-state index is 0.0108. The van der Waals surface area contributed by atoms with Crippen LogP contribution in [0.3, 0.4) is 0 Å². The van der Waals surface area contributed by atoms with Crippen LogP contribution in [0.1, 0.15) is 52.8 Å². The average molecular weight is 603 g/mol. The highest BCUT2D eigenvalue weighted by Gasteiger charge is 2.45. The zero-order chi connectivity index (χ0) is 31.1. The van der Waals surface area contributed by atoms with Crippen molar-refractivity contribution in [1.82, 2.24) is 4.98 Å². The summed E-state index contributed by atoms with van der Waals surface area (Å²) < 4.78 is 16.7. The maximum absolute atomic E-state index is 13.6. The van der Waals surface area contributed by atoms with Crippen molar-refractivity contribution in [3.63, 3.8) is 0 Å². The zero-order valence-electron chi connectivity index (χ0n) is 24.5. The fourth-order valence-corrected chi connectivity index (χ4v) is 5.44. The number of hydrogen-bond acceptors (Lipinski definition) is 9. The highest BCUT2D eigenvalue weighted by atomic mass is 32.1. The predicted octanol–water partition coefficient (Wildman–Crippen LogP) is 6.41. The maximum Gasteiger partial charge on any atom is 0.350 e. The zero-order valence-corrected chi connectivity index (χ0v) is 25.3. The molecule has 1 atom stereocenters. The molecule has 0 saturated carbocycles. The molecule has 0 saturated heterocycles. The second kappa shape index (κ2) is 14.0. The Balaban J connectivity index is 1.78. The standard InChI is InChI=1S/C33H34N2O7S/c1-6-17-42-32(39)30-21(4)34-33(43-30)35-28(23-13-15-25(26(19-23)40-5)41-18-16-20(2)3)27(29(37)31(35)38)24(36)14-12-22-10-8-7-9-11-22/h6-15,19-20,28,37H,1,16-18H2,2-5H3/b14-12+. The molecule has 1 amide bonds. The molecule has 0 aliphatic carbocycles. The van der Waals surface area contributed by atoms with E-state index < -0.39 is 29.5 Å². The molecule has 0 fully saturated rings. The Labute approximate surface area is 254 Å². The van der Waals surface area contributed by atoms with E-state index in [2.05, 4.69) is 25.4 Å². The number of carbonyl (C=O) groups is 3. The third kappa shape index (κ3) is 7.03. The number of hydrogen-bond donors (Lipinski definition) is 1. The van der Waals surface area contributed by atoms with E-state index in [1.165, 1.54) is 24.2 Å². The number of methoxy groups -OCH3 is 1. The summed E-state index contributed by atoms with van der Waals surface area (Å²) in [6, 6.07) is 13.2. The van der Waals surface area contributed by atoms with Gasteiger partial charge in [0.1, 0.15) is 11.5 Å². The first-order valence-electron chi connectivity index (χ1n) is 13.8. The van der Waals surface area contributed by atoms with Crippen LogP contribution < -0.4 is 14.4 Å². The van der Waals surface area contributed by atoms with E-state index in [9.17, 15) is 19.5 Å². The number of ketones is 1. The van der Waals surface area contributed by atoms with Gasteiger partial charge in [-0.3, -0.25) is 14.5 Å². The summed E-state index contributed by atoms with van der Waals surface area (Å²) in [5.41, 5.74) is 1.47. The van der Waals surface area contributed by atoms with Crippen LogP contribution in [0.2, 0.25) is 0 Å². The second-order valence-corrected chi connectivity index (χ2v) is 11.2. The number of allylic oxidation sites excluding steroid dienone is 1. The topological polar surface area (TPSA) is 115 Å². The molecule has 1 aromatic heterocycles. The van der Waals surface area contributed by atoms with Gasteiger partial charge in [0.2, 0.25) is 0 Å². The number of carbonyl (C=O) groups excluding carboxylic acids is 3. The van der Waals surface area contributed by atoms with E-state index in [1.54, 1.807) is 31.2 Å². The molecule has 224 valence electrons. The fourth-order valence-electron chi connectivity index (χ4n) is 4.45. The van der Waals surface area contributed by atoms with Crippen molar-refractivity contribution in [3.8, 4) is 11.5 Å². The van der Waals surface area contributed by atoms with Gasteiger partial charge in [-0.2, -0.15) is 0 Å². The molecule has 43 heavy (non-hydrogen) atoms. The summed E-state index contributed by atoms with van der Waals surface area (Å²) in [5.74, 6) is -1.34. The molecule has 4 rings (SSSR count). The Morgan fingerprint density at radius 2 is 1.91 bits per heavy atom. The van der Waals surface area contributed by atoms with Gasteiger partial charge in [-0.1, -0.05) is 80.3 Å². The minimum Gasteiger partial charge on any atom is -0.503 e. The van der Waals surface area contributed by atoms with E-state index in [0.29, 0.717) is 35.3 Å². The molecule has 1 unspecified atom stereocenters. The number of amides is 1. The molecule has 2 aromatic carbocycles. The number of anilines is 1. The van der Waals surface area contributed by atoms with Crippen LogP contribution in [0.15, 0.2) is 78.6 Å². The van der Waals surface area contributed by atoms with E-state index >= 15 is 0 Å². The molecule has 1 aliphatic rings. The van der Waals surface area contributed by atoms with Crippen molar-refractivity contribution in [1.29, 1.82) is 0 Å². The van der Waals surface area contributed by atoms with Crippen molar-refractivity contribution >= 4 is 40.2 Å². The van der Waals surface area contributed by atoms with E-state index in [1.807, 2.05) is 30.3 Å². The van der Waals surface area contributed by atoms with Crippen molar-refractivity contribution in [2.75, 3.05) is 25.2 Å². The minimum atomic E-state index is -1.07. The van der Waals surface area contributed by atoms with Gasteiger partial charge in [-0.05, 0) is 48.6 Å². The van der Waals surface area contributed by atoms with Crippen molar-refractivity contribution in [2.24, 2.45) is 5.92 Å². The largest absolute Gasteiger partial charge is 0.503 e. The molecule has 1 N–H and O–H groups in total. The molecule has 2 heterocycles. The number of rotatable bonds is 13. The maximum atomic E-state index is 13.6. The van der Waals surface area contributed by atoms with Crippen LogP contribution in [0, 0.1) is 12.8 Å². The van der Waals surface area contributed by atoms with Gasteiger partial charge in [-0.15, -0.1) is 0 Å². The monoisotopic (exact) mass is 602 g/mol. The molecule has 9 nitrogen and oxygen atoms in total. The number of esters is 1. The molecule has 3 aromatic rings. The van der Waals surface area contributed by atoms with Gasteiger partial charge >= 0.3 is 5.97 Å². The Hall–Kier alpha value is -4.70. The van der Waals surface area contributed by atoms with Crippen LogP contribution in [0.25, 0.3) is 6.08 Å². The smallest absolute Gasteiger partial charge is 0.350 e. The van der Waals surface area contributed by atoms with Gasteiger partial charge in [0, 0.05) is 0 Å². The van der Waals surface area contributed by atoms with Crippen molar-refractivity contribution < 1.29 is 33.7 Å². The van der Waals surface area contributed by atoms with Gasteiger partial charge < -0.3 is 19.3 Å². The molecule has 0 radical (unpaired) electrons. The highest BCUT2D eigenvalue weighted by molar-refractivity contribution is 7.17. The fraction of sp³-hybridized carbons (Fsp3) is 0.273. The molecule has 0 bridgehead atoms. The molecule has 0 spiro atoms. The number of nitrogens with zero attached hydrogens (tertiary/aromatic N) is 2. The Morgan fingerprint density at radius 1 is 1.16 bits per heavy atom. The first-order valence-corrected chi connectivity index (χ1v) is 14.6. The molecular formula is C33H34N2O7S. The quantitative estimate of drug-likeness (QED) is 0.136. The lowest BCUT2D eigenvalue weighted by atomic mass is 9.95. The van der Waals surface area contributed by atoms with Crippen LogP contribution in [0.4, 0.5) is 5.13 Å². The first kappa shape index (κ1) is 31.2. The predicted molar refractivity (Wildman–Crippen MR) is 166 cm³/mol. The number of aliphatic hydroxyl groups is 1. The number of benzene rings is 2. The number of aryl methyl sites for hydroxylation is 1. The van der Waals surface area contributed by atoms with Crippen LogP contribution in [0.5, 0.6) is 11.5 Å². The summed E-state index contributed by atoms with van der Waals surface area (Å²) in [5, 5.41) is 11.2. The van der Waals surface area contributed by atoms with Gasteiger partial charge in [0.05, 0.1) is 31.0 Å². The van der Waals surface area contributed by atoms with Crippen LogP contribution in [-0.4, -0.2) is 48.1 Å². The molecule has 10 heteroatoms. The lowest BCUT2D eigenvalue weighted by Crippen LogP contribution is -2.30. The number of aromatic nitrogens is 1. The normalized spacial score (nSPS) is 15.0. The van der Waals surface area contributed by atoms with E-state index in [4.69, 9.17) is 14.2 Å². The molecule has 1 aliphatic heterocycles. The van der Waals surface area contributed by atoms with E-state index in [0.717, 1.165) is 23.3 Å². The Bertz CT molecular complexity index is 1570. The first-order chi connectivity index (χ1) is 20.7.